The first-order valence-electron chi connectivity index (χ1n) is 8.13. The van der Waals surface area contributed by atoms with E-state index in [1.807, 2.05) is 12.1 Å². The van der Waals surface area contributed by atoms with Crippen molar-refractivity contribution in [3.63, 3.8) is 0 Å². The van der Waals surface area contributed by atoms with Crippen LogP contribution in [-0.2, 0) is 6.18 Å². The molecule has 0 spiro atoms. The standard InChI is InChI=1S/C20H14F3N3O2/c21-20(22,23)17-3-1-2-16(12-17)19(28)26-25-18(27)15-6-4-13(5-7-15)14-8-10-24-11-9-14/h1-12H,(H,25,27)(H,26,28). The van der Waals surface area contributed by atoms with Gasteiger partial charge in [0.1, 0.15) is 0 Å². The van der Waals surface area contributed by atoms with Crippen LogP contribution in [0.1, 0.15) is 26.3 Å². The zero-order valence-electron chi connectivity index (χ0n) is 14.3. The molecule has 0 aliphatic rings. The third kappa shape index (κ3) is 4.53. The number of nitrogens with one attached hydrogen (secondary N) is 2. The van der Waals surface area contributed by atoms with Gasteiger partial charge in [0, 0.05) is 23.5 Å². The first-order chi connectivity index (χ1) is 13.3. The van der Waals surface area contributed by atoms with Crippen LogP contribution in [0, 0.1) is 0 Å². The number of amides is 2. The lowest BCUT2D eigenvalue weighted by Crippen LogP contribution is -2.41. The lowest BCUT2D eigenvalue weighted by Gasteiger charge is -2.10. The second kappa shape index (κ2) is 7.91. The highest BCUT2D eigenvalue weighted by molar-refractivity contribution is 5.99. The third-order valence-electron chi connectivity index (χ3n) is 3.90. The van der Waals surface area contributed by atoms with Crippen LogP contribution in [0.3, 0.4) is 0 Å². The molecular weight excluding hydrogens is 371 g/mol. The third-order valence-corrected chi connectivity index (χ3v) is 3.90. The number of halogens is 3. The summed E-state index contributed by atoms with van der Waals surface area (Å²) in [5.74, 6) is -1.45. The quantitative estimate of drug-likeness (QED) is 0.673. The van der Waals surface area contributed by atoms with Gasteiger partial charge in [-0.1, -0.05) is 18.2 Å². The van der Waals surface area contributed by atoms with E-state index in [4.69, 9.17) is 0 Å². The molecule has 0 saturated heterocycles. The Kier molecular flexibility index (Phi) is 5.39. The number of pyridine rings is 1. The van der Waals surface area contributed by atoms with Gasteiger partial charge in [0.25, 0.3) is 11.8 Å². The van der Waals surface area contributed by atoms with Crippen molar-refractivity contribution in [2.75, 3.05) is 0 Å². The molecule has 28 heavy (non-hydrogen) atoms. The van der Waals surface area contributed by atoms with E-state index >= 15 is 0 Å². The van der Waals surface area contributed by atoms with Crippen LogP contribution in [0.15, 0.2) is 73.1 Å². The largest absolute Gasteiger partial charge is 0.416 e. The van der Waals surface area contributed by atoms with E-state index in [1.165, 1.54) is 6.07 Å². The number of hydrazine groups is 1. The number of benzene rings is 2. The Balaban J connectivity index is 1.63. The van der Waals surface area contributed by atoms with Crippen LogP contribution in [0.25, 0.3) is 11.1 Å². The molecule has 0 aliphatic carbocycles. The zero-order chi connectivity index (χ0) is 20.1. The number of rotatable bonds is 3. The van der Waals surface area contributed by atoms with E-state index in [0.29, 0.717) is 6.07 Å². The van der Waals surface area contributed by atoms with Gasteiger partial charge in [-0.15, -0.1) is 0 Å². The number of nitrogens with zero attached hydrogens (tertiary/aromatic N) is 1. The van der Waals surface area contributed by atoms with Crippen LogP contribution < -0.4 is 10.9 Å². The molecule has 8 heteroatoms. The van der Waals surface area contributed by atoms with Gasteiger partial charge in [0.05, 0.1) is 5.56 Å². The second-order valence-electron chi connectivity index (χ2n) is 5.80. The van der Waals surface area contributed by atoms with Crippen molar-refractivity contribution in [3.05, 3.63) is 89.7 Å². The van der Waals surface area contributed by atoms with Crippen molar-refractivity contribution in [1.82, 2.24) is 15.8 Å². The molecule has 3 rings (SSSR count). The van der Waals surface area contributed by atoms with Crippen LogP contribution in [0.4, 0.5) is 13.2 Å². The smallest absolute Gasteiger partial charge is 0.267 e. The highest BCUT2D eigenvalue weighted by Crippen LogP contribution is 2.29. The highest BCUT2D eigenvalue weighted by Gasteiger charge is 2.30. The molecule has 2 N–H and O–H groups in total. The van der Waals surface area contributed by atoms with Crippen molar-refractivity contribution >= 4 is 11.8 Å². The molecule has 0 radical (unpaired) electrons. The minimum Gasteiger partial charge on any atom is -0.267 e. The van der Waals surface area contributed by atoms with Crippen molar-refractivity contribution in [2.45, 2.75) is 6.18 Å². The Labute approximate surface area is 158 Å². The molecular formula is C20H14F3N3O2. The van der Waals surface area contributed by atoms with Gasteiger partial charge in [-0.05, 0) is 53.6 Å². The summed E-state index contributed by atoms with van der Waals surface area (Å²) in [7, 11) is 0. The topological polar surface area (TPSA) is 71.1 Å². The maximum Gasteiger partial charge on any atom is 0.416 e. The monoisotopic (exact) mass is 385 g/mol. The SMILES string of the molecule is O=C(NNC(=O)c1cccc(C(F)(F)F)c1)c1ccc(-c2ccncc2)cc1. The van der Waals surface area contributed by atoms with E-state index in [-0.39, 0.29) is 11.1 Å². The Hall–Kier alpha value is -3.68. The highest BCUT2D eigenvalue weighted by atomic mass is 19.4. The van der Waals surface area contributed by atoms with E-state index in [0.717, 1.165) is 23.3 Å². The molecule has 0 bridgehead atoms. The first kappa shape index (κ1) is 19.1. The Morgan fingerprint density at radius 3 is 1.93 bits per heavy atom. The molecule has 5 nitrogen and oxygen atoms in total. The van der Waals surface area contributed by atoms with Crippen LogP contribution in [-0.4, -0.2) is 16.8 Å². The molecule has 0 aliphatic heterocycles. The van der Waals surface area contributed by atoms with Gasteiger partial charge in [0.15, 0.2) is 0 Å². The normalized spacial score (nSPS) is 11.0. The van der Waals surface area contributed by atoms with Crippen molar-refractivity contribution in [2.24, 2.45) is 0 Å². The molecule has 0 unspecified atom stereocenters. The number of hydrogen-bond acceptors (Lipinski definition) is 3. The Morgan fingerprint density at radius 2 is 1.32 bits per heavy atom. The summed E-state index contributed by atoms with van der Waals surface area (Å²) in [4.78, 5) is 28.1. The first-order valence-corrected chi connectivity index (χ1v) is 8.13. The number of aromatic nitrogens is 1. The van der Waals surface area contributed by atoms with Crippen molar-refractivity contribution in [1.29, 1.82) is 0 Å². The molecule has 2 amide bonds. The molecule has 3 aromatic rings. The lowest BCUT2D eigenvalue weighted by molar-refractivity contribution is -0.137. The van der Waals surface area contributed by atoms with E-state index in [9.17, 15) is 22.8 Å². The molecule has 1 heterocycles. The van der Waals surface area contributed by atoms with Gasteiger partial charge >= 0.3 is 6.18 Å². The van der Waals surface area contributed by atoms with Gasteiger partial charge in [-0.2, -0.15) is 13.2 Å². The van der Waals surface area contributed by atoms with Gasteiger partial charge in [0.2, 0.25) is 0 Å². The van der Waals surface area contributed by atoms with Crippen molar-refractivity contribution < 1.29 is 22.8 Å². The zero-order valence-corrected chi connectivity index (χ0v) is 14.3. The lowest BCUT2D eigenvalue weighted by atomic mass is 10.1. The maximum absolute atomic E-state index is 12.7. The number of hydrogen-bond donors (Lipinski definition) is 2. The summed E-state index contributed by atoms with van der Waals surface area (Å²) in [6.07, 6.45) is -1.26. The fraction of sp³-hybridized carbons (Fsp3) is 0.0500. The summed E-state index contributed by atoms with van der Waals surface area (Å²) in [5, 5.41) is 0. The van der Waals surface area contributed by atoms with Gasteiger partial charge in [-0.3, -0.25) is 25.4 Å². The van der Waals surface area contributed by atoms with E-state index in [2.05, 4.69) is 15.8 Å². The van der Waals surface area contributed by atoms with Crippen LogP contribution in [0.2, 0.25) is 0 Å². The number of carbonyl (C=O) groups is 2. The average Bonchev–Trinajstić information content (AvgIpc) is 2.72. The van der Waals surface area contributed by atoms with Gasteiger partial charge < -0.3 is 0 Å². The predicted octanol–water partition coefficient (Wildman–Crippen LogP) is 3.84. The fourth-order valence-electron chi connectivity index (χ4n) is 2.45. The molecule has 2 aromatic carbocycles. The summed E-state index contributed by atoms with van der Waals surface area (Å²) >= 11 is 0. The number of alkyl halides is 3. The average molecular weight is 385 g/mol. The second-order valence-corrected chi connectivity index (χ2v) is 5.80. The maximum atomic E-state index is 12.7. The van der Waals surface area contributed by atoms with Crippen LogP contribution >= 0.6 is 0 Å². The van der Waals surface area contributed by atoms with Crippen LogP contribution in [0.5, 0.6) is 0 Å². The number of carbonyl (C=O) groups excluding carboxylic acids is 2. The summed E-state index contributed by atoms with van der Waals surface area (Å²) < 4.78 is 38.2. The minimum absolute atomic E-state index is 0.219. The molecule has 0 saturated carbocycles. The molecule has 0 fully saturated rings. The Bertz CT molecular complexity index is 988. The summed E-state index contributed by atoms with van der Waals surface area (Å²) in [5.41, 5.74) is 5.22. The Morgan fingerprint density at radius 1 is 0.750 bits per heavy atom. The molecule has 0 atom stereocenters. The van der Waals surface area contributed by atoms with Crippen molar-refractivity contribution in [3.8, 4) is 11.1 Å². The summed E-state index contributed by atoms with van der Waals surface area (Å²) in [6.45, 7) is 0. The fourth-order valence-corrected chi connectivity index (χ4v) is 2.45. The van der Waals surface area contributed by atoms with Gasteiger partial charge in [-0.25, -0.2) is 0 Å². The molecule has 142 valence electrons. The summed E-state index contributed by atoms with van der Waals surface area (Å²) in [6, 6.07) is 14.2. The van der Waals surface area contributed by atoms with E-state index in [1.54, 1.807) is 36.7 Å². The molecule has 1 aromatic heterocycles. The van der Waals surface area contributed by atoms with E-state index < -0.39 is 23.6 Å². The minimum atomic E-state index is -4.56. The predicted molar refractivity (Wildman–Crippen MR) is 96.0 cm³/mol.